The number of carbonyl (C=O) groups excluding carboxylic acids is 1. The van der Waals surface area contributed by atoms with Gasteiger partial charge >= 0.3 is 6.09 Å². The van der Waals surface area contributed by atoms with Gasteiger partial charge in [0.25, 0.3) is 0 Å². The molecule has 0 saturated heterocycles. The van der Waals surface area contributed by atoms with Gasteiger partial charge in [-0.05, 0) is 24.3 Å². The van der Waals surface area contributed by atoms with E-state index in [1.807, 2.05) is 12.1 Å². The molecule has 134 valence electrons. The standard InChI is InChI=1S/C18H16ClN3O4/c1-26-18(24)22(25)16-5-3-2-4-14(16)17(23)21-11-10-15(20-21)12-6-8-13(19)9-7-12/h2-11,17,23,25H,1H3. The largest absolute Gasteiger partial charge is 0.451 e. The van der Waals surface area contributed by atoms with Gasteiger partial charge in [-0.25, -0.2) is 9.48 Å². The molecule has 8 heteroatoms. The highest BCUT2D eigenvalue weighted by atomic mass is 35.5. The van der Waals surface area contributed by atoms with Crippen LogP contribution in [0.2, 0.25) is 5.02 Å². The second-order valence-corrected chi connectivity index (χ2v) is 5.84. The minimum atomic E-state index is -1.22. The van der Waals surface area contributed by atoms with E-state index in [2.05, 4.69) is 9.84 Å². The predicted molar refractivity (Wildman–Crippen MR) is 96.1 cm³/mol. The monoisotopic (exact) mass is 373 g/mol. The Labute approximate surface area is 154 Å². The third kappa shape index (κ3) is 3.55. The highest BCUT2D eigenvalue weighted by Gasteiger charge is 2.22. The molecule has 1 amide bonds. The smallest absolute Gasteiger partial charge is 0.438 e. The lowest BCUT2D eigenvalue weighted by Gasteiger charge is -2.20. The Balaban J connectivity index is 1.92. The van der Waals surface area contributed by atoms with E-state index in [1.54, 1.807) is 42.6 Å². The van der Waals surface area contributed by atoms with E-state index in [-0.39, 0.29) is 11.3 Å². The van der Waals surface area contributed by atoms with Crippen LogP contribution in [0.1, 0.15) is 11.8 Å². The topological polar surface area (TPSA) is 87.8 Å². The summed E-state index contributed by atoms with van der Waals surface area (Å²) < 4.78 is 5.83. The zero-order chi connectivity index (χ0) is 18.7. The number of carbonyl (C=O) groups is 1. The fourth-order valence-electron chi connectivity index (χ4n) is 2.47. The van der Waals surface area contributed by atoms with Gasteiger partial charge in [0.2, 0.25) is 0 Å². The molecule has 3 rings (SSSR count). The maximum atomic E-state index is 11.6. The lowest BCUT2D eigenvalue weighted by molar-refractivity contribution is 0.126. The molecular formula is C18H16ClN3O4. The molecule has 0 saturated carbocycles. The molecule has 1 aromatic heterocycles. The Morgan fingerprint density at radius 3 is 2.58 bits per heavy atom. The highest BCUT2D eigenvalue weighted by Crippen LogP contribution is 2.28. The predicted octanol–water partition coefficient (Wildman–Crippen LogP) is 3.70. The number of para-hydroxylation sites is 1. The summed E-state index contributed by atoms with van der Waals surface area (Å²) in [4.78, 5) is 11.6. The van der Waals surface area contributed by atoms with Gasteiger partial charge in [-0.2, -0.15) is 10.2 Å². The van der Waals surface area contributed by atoms with Crippen LogP contribution in [0, 0.1) is 0 Å². The first-order chi connectivity index (χ1) is 12.5. The number of benzene rings is 2. The minimum Gasteiger partial charge on any atom is -0.451 e. The number of aliphatic hydroxyl groups excluding tert-OH is 1. The summed E-state index contributed by atoms with van der Waals surface area (Å²) in [5.41, 5.74) is 1.86. The van der Waals surface area contributed by atoms with Crippen molar-refractivity contribution in [2.45, 2.75) is 6.23 Å². The zero-order valence-corrected chi connectivity index (χ0v) is 14.5. The van der Waals surface area contributed by atoms with Crippen molar-refractivity contribution in [3.05, 3.63) is 71.4 Å². The number of methoxy groups -OCH3 is 1. The quantitative estimate of drug-likeness (QED) is 0.537. The van der Waals surface area contributed by atoms with Crippen LogP contribution in [0.25, 0.3) is 11.3 Å². The van der Waals surface area contributed by atoms with Crippen molar-refractivity contribution in [2.24, 2.45) is 0 Å². The number of halogens is 1. The second kappa shape index (κ2) is 7.57. The second-order valence-electron chi connectivity index (χ2n) is 5.40. The first kappa shape index (κ1) is 17.9. The van der Waals surface area contributed by atoms with Gasteiger partial charge in [0, 0.05) is 22.3 Å². The van der Waals surface area contributed by atoms with E-state index in [0.29, 0.717) is 15.8 Å². The molecule has 0 spiro atoms. The molecule has 3 aromatic rings. The summed E-state index contributed by atoms with van der Waals surface area (Å²) in [6, 6.07) is 15.3. The number of ether oxygens (including phenoxy) is 1. The van der Waals surface area contributed by atoms with E-state index in [1.165, 1.54) is 10.7 Å². The molecule has 1 unspecified atom stereocenters. The Bertz CT molecular complexity index is 911. The van der Waals surface area contributed by atoms with E-state index in [0.717, 1.165) is 12.7 Å². The number of aliphatic hydroxyl groups is 1. The summed E-state index contributed by atoms with van der Waals surface area (Å²) in [5, 5.41) is 26.0. The van der Waals surface area contributed by atoms with E-state index in [9.17, 15) is 15.1 Å². The summed E-state index contributed by atoms with van der Waals surface area (Å²) in [7, 11) is 1.15. The summed E-state index contributed by atoms with van der Waals surface area (Å²) >= 11 is 5.89. The number of amides is 1. The maximum Gasteiger partial charge on any atom is 0.438 e. The average Bonchev–Trinajstić information content (AvgIpc) is 3.17. The normalized spacial score (nSPS) is 11.8. The van der Waals surface area contributed by atoms with Gasteiger partial charge in [0.1, 0.15) is 0 Å². The molecule has 0 aliphatic heterocycles. The van der Waals surface area contributed by atoms with Crippen molar-refractivity contribution in [3.8, 4) is 11.3 Å². The number of hydrogen-bond donors (Lipinski definition) is 2. The molecule has 0 fully saturated rings. The van der Waals surface area contributed by atoms with Crippen LogP contribution >= 0.6 is 11.6 Å². The number of nitrogens with zero attached hydrogens (tertiary/aromatic N) is 3. The number of hydrogen-bond acceptors (Lipinski definition) is 5. The van der Waals surface area contributed by atoms with Crippen LogP contribution in [0.4, 0.5) is 10.5 Å². The molecule has 2 N–H and O–H groups in total. The molecule has 1 atom stereocenters. The first-order valence-corrected chi connectivity index (χ1v) is 8.04. The third-order valence-electron chi connectivity index (χ3n) is 3.79. The van der Waals surface area contributed by atoms with Gasteiger partial charge < -0.3 is 9.84 Å². The lowest BCUT2D eigenvalue weighted by atomic mass is 10.1. The Morgan fingerprint density at radius 1 is 1.19 bits per heavy atom. The van der Waals surface area contributed by atoms with Crippen molar-refractivity contribution in [3.63, 3.8) is 0 Å². The molecule has 0 radical (unpaired) electrons. The van der Waals surface area contributed by atoms with Crippen molar-refractivity contribution in [2.75, 3.05) is 12.2 Å². The molecule has 0 aliphatic rings. The third-order valence-corrected chi connectivity index (χ3v) is 4.04. The summed E-state index contributed by atoms with van der Waals surface area (Å²) in [6.45, 7) is 0. The molecule has 26 heavy (non-hydrogen) atoms. The Morgan fingerprint density at radius 2 is 1.88 bits per heavy atom. The molecule has 0 aliphatic carbocycles. The average molecular weight is 374 g/mol. The molecule has 7 nitrogen and oxygen atoms in total. The van der Waals surface area contributed by atoms with Crippen molar-refractivity contribution in [1.29, 1.82) is 0 Å². The van der Waals surface area contributed by atoms with Crippen LogP contribution in [0.3, 0.4) is 0 Å². The van der Waals surface area contributed by atoms with E-state index < -0.39 is 12.3 Å². The van der Waals surface area contributed by atoms with Crippen LogP contribution in [-0.4, -0.2) is 33.3 Å². The highest BCUT2D eigenvalue weighted by molar-refractivity contribution is 6.30. The maximum absolute atomic E-state index is 11.6. The summed E-state index contributed by atoms with van der Waals surface area (Å²) in [5.74, 6) is 0. The number of anilines is 1. The number of rotatable bonds is 4. The molecule has 0 bridgehead atoms. The number of hydroxylamine groups is 1. The SMILES string of the molecule is COC(=O)N(O)c1ccccc1C(O)n1ccc(-c2ccc(Cl)cc2)n1. The Kier molecular flexibility index (Phi) is 5.22. The van der Waals surface area contributed by atoms with Crippen molar-refractivity contribution < 1.29 is 19.8 Å². The molecular weight excluding hydrogens is 358 g/mol. The van der Waals surface area contributed by atoms with Gasteiger partial charge in [0.05, 0.1) is 18.5 Å². The van der Waals surface area contributed by atoms with Crippen LogP contribution in [0.5, 0.6) is 0 Å². The first-order valence-electron chi connectivity index (χ1n) is 7.66. The van der Waals surface area contributed by atoms with E-state index >= 15 is 0 Å². The van der Waals surface area contributed by atoms with E-state index in [4.69, 9.17) is 11.6 Å². The lowest BCUT2D eigenvalue weighted by Crippen LogP contribution is -2.28. The van der Waals surface area contributed by atoms with Crippen LogP contribution in [-0.2, 0) is 4.74 Å². The van der Waals surface area contributed by atoms with Crippen molar-refractivity contribution >= 4 is 23.4 Å². The molecule has 2 aromatic carbocycles. The van der Waals surface area contributed by atoms with Gasteiger partial charge in [-0.3, -0.25) is 5.21 Å². The van der Waals surface area contributed by atoms with Gasteiger partial charge in [0.15, 0.2) is 6.23 Å². The van der Waals surface area contributed by atoms with Crippen LogP contribution in [0.15, 0.2) is 60.8 Å². The fraction of sp³-hybridized carbons (Fsp3) is 0.111. The minimum absolute atomic E-state index is 0.0930. The summed E-state index contributed by atoms with van der Waals surface area (Å²) in [6.07, 6.45) is -0.579. The fourth-order valence-corrected chi connectivity index (χ4v) is 2.60. The van der Waals surface area contributed by atoms with Gasteiger partial charge in [-0.15, -0.1) is 0 Å². The van der Waals surface area contributed by atoms with Gasteiger partial charge in [-0.1, -0.05) is 41.9 Å². The van der Waals surface area contributed by atoms with Crippen LogP contribution < -0.4 is 5.06 Å². The molecule has 1 heterocycles. The zero-order valence-electron chi connectivity index (χ0n) is 13.8. The Hall–Kier alpha value is -2.87. The van der Waals surface area contributed by atoms with Crippen molar-refractivity contribution in [1.82, 2.24) is 9.78 Å². The number of aromatic nitrogens is 2.